The summed E-state index contributed by atoms with van der Waals surface area (Å²) in [5.74, 6) is 0.0482. The number of aliphatic carboxylic acids is 1. The molecule has 0 amide bonds. The topological polar surface area (TPSA) is 63.6 Å². The first-order chi connectivity index (χ1) is 11.6. The number of ether oxygens (including phenoxy) is 1. The van der Waals surface area contributed by atoms with Crippen molar-refractivity contribution in [2.75, 3.05) is 7.11 Å². The zero-order valence-corrected chi connectivity index (χ0v) is 16.3. The third-order valence-corrected chi connectivity index (χ3v) is 7.14. The van der Waals surface area contributed by atoms with Crippen LogP contribution in [0.3, 0.4) is 0 Å². The van der Waals surface area contributed by atoms with Crippen LogP contribution in [0.2, 0.25) is 0 Å². The minimum Gasteiger partial charge on any atom is -0.481 e. The Hall–Kier alpha value is -1.32. The molecule has 4 heteroatoms. The average Bonchev–Trinajstić information content (AvgIpc) is 2.52. The van der Waals surface area contributed by atoms with Gasteiger partial charge in [0.05, 0.1) is 12.5 Å². The van der Waals surface area contributed by atoms with Gasteiger partial charge in [0.1, 0.15) is 0 Å². The van der Waals surface area contributed by atoms with Gasteiger partial charge in [-0.3, -0.25) is 9.59 Å². The highest BCUT2D eigenvalue weighted by Gasteiger charge is 2.57. The van der Waals surface area contributed by atoms with E-state index in [0.29, 0.717) is 11.8 Å². The van der Waals surface area contributed by atoms with Crippen LogP contribution in [0.15, 0.2) is 12.2 Å². The van der Waals surface area contributed by atoms with Crippen LogP contribution >= 0.6 is 0 Å². The Kier molecular flexibility index (Phi) is 6.01. The van der Waals surface area contributed by atoms with E-state index in [2.05, 4.69) is 20.4 Å². The Morgan fingerprint density at radius 2 is 2.04 bits per heavy atom. The van der Waals surface area contributed by atoms with Crippen molar-refractivity contribution in [3.8, 4) is 0 Å². The molecule has 0 saturated heterocycles. The Morgan fingerprint density at radius 3 is 2.64 bits per heavy atom. The Balaban J connectivity index is 2.21. The van der Waals surface area contributed by atoms with Crippen LogP contribution in [0.1, 0.15) is 72.1 Å². The van der Waals surface area contributed by atoms with Gasteiger partial charge in [0.25, 0.3) is 0 Å². The summed E-state index contributed by atoms with van der Waals surface area (Å²) in [4.78, 5) is 23.5. The highest BCUT2D eigenvalue weighted by Crippen LogP contribution is 2.62. The number of allylic oxidation sites excluding steroid dienone is 1. The van der Waals surface area contributed by atoms with E-state index in [1.54, 1.807) is 0 Å². The molecule has 0 aromatic rings. The molecule has 2 aliphatic carbocycles. The monoisotopic (exact) mass is 350 g/mol. The molecule has 2 aliphatic rings. The fraction of sp³-hybridized carbons (Fsp3) is 0.810. The smallest absolute Gasteiger partial charge is 0.311 e. The van der Waals surface area contributed by atoms with E-state index in [1.807, 2.05) is 6.92 Å². The van der Waals surface area contributed by atoms with Crippen LogP contribution < -0.4 is 0 Å². The number of hydrogen-bond acceptors (Lipinski definition) is 3. The van der Waals surface area contributed by atoms with Gasteiger partial charge in [-0.05, 0) is 68.6 Å². The second-order valence-corrected chi connectivity index (χ2v) is 8.85. The second kappa shape index (κ2) is 7.51. The van der Waals surface area contributed by atoms with Gasteiger partial charge in [-0.1, -0.05) is 32.4 Å². The van der Waals surface area contributed by atoms with Crippen molar-refractivity contribution in [1.82, 2.24) is 0 Å². The van der Waals surface area contributed by atoms with Crippen molar-refractivity contribution in [1.29, 1.82) is 0 Å². The minimum atomic E-state index is -0.727. The molecule has 0 aliphatic heterocycles. The Morgan fingerprint density at radius 1 is 1.36 bits per heavy atom. The number of fused-ring (bicyclic) bond motifs is 1. The van der Waals surface area contributed by atoms with Gasteiger partial charge in [-0.2, -0.15) is 0 Å². The summed E-state index contributed by atoms with van der Waals surface area (Å²) in [6.07, 6.45) is 7.10. The summed E-state index contributed by atoms with van der Waals surface area (Å²) in [7, 11) is 1.49. The van der Waals surface area contributed by atoms with Crippen molar-refractivity contribution in [3.63, 3.8) is 0 Å². The minimum absolute atomic E-state index is 0.0550. The third-order valence-electron chi connectivity index (χ3n) is 7.14. The van der Waals surface area contributed by atoms with E-state index < -0.39 is 11.4 Å². The number of carboxylic acid groups (broad SMARTS) is 1. The number of esters is 1. The van der Waals surface area contributed by atoms with Gasteiger partial charge in [-0.25, -0.2) is 0 Å². The van der Waals surface area contributed by atoms with Crippen LogP contribution in [-0.2, 0) is 14.3 Å². The van der Waals surface area contributed by atoms with Crippen molar-refractivity contribution in [3.05, 3.63) is 12.2 Å². The van der Waals surface area contributed by atoms with E-state index in [4.69, 9.17) is 9.84 Å². The maximum absolute atomic E-state index is 12.6. The molecule has 1 N–H and O–H groups in total. The number of hydrogen-bond donors (Lipinski definition) is 1. The maximum atomic E-state index is 12.6. The van der Waals surface area contributed by atoms with Crippen LogP contribution in [0.5, 0.6) is 0 Å². The summed E-state index contributed by atoms with van der Waals surface area (Å²) in [6, 6.07) is 0. The molecular weight excluding hydrogens is 316 g/mol. The molecule has 25 heavy (non-hydrogen) atoms. The molecule has 0 radical (unpaired) electrons. The normalized spacial score (nSPS) is 36.4. The summed E-state index contributed by atoms with van der Waals surface area (Å²) >= 11 is 0. The standard InChI is InChI=1S/C21H34O4/c1-14(13-18(22)23)7-9-16-15(2)8-10-17-20(16,3)11-6-12-21(17,4)19(24)25-5/h14,16-17H,2,6-13H2,1,3-5H3,(H,22,23)/t14-,16-,17-,20+,21+/m0/s1. The molecule has 0 spiro atoms. The lowest BCUT2D eigenvalue weighted by molar-refractivity contribution is -0.168. The summed E-state index contributed by atoms with van der Waals surface area (Å²) in [6.45, 7) is 10.8. The largest absolute Gasteiger partial charge is 0.481 e. The molecule has 0 aromatic carbocycles. The van der Waals surface area contributed by atoms with Gasteiger partial charge in [0.2, 0.25) is 0 Å². The predicted molar refractivity (Wildman–Crippen MR) is 98.1 cm³/mol. The van der Waals surface area contributed by atoms with E-state index in [9.17, 15) is 9.59 Å². The lowest BCUT2D eigenvalue weighted by Gasteiger charge is -2.57. The van der Waals surface area contributed by atoms with Crippen molar-refractivity contribution in [2.45, 2.75) is 72.1 Å². The van der Waals surface area contributed by atoms with Crippen molar-refractivity contribution < 1.29 is 19.4 Å². The number of rotatable bonds is 6. The van der Waals surface area contributed by atoms with Crippen LogP contribution in [0.25, 0.3) is 0 Å². The molecule has 0 heterocycles. The molecular formula is C21H34O4. The molecule has 0 bridgehead atoms. The molecule has 142 valence electrons. The lowest BCUT2D eigenvalue weighted by atomic mass is 9.46. The third kappa shape index (κ3) is 3.78. The number of carbonyl (C=O) groups excluding carboxylic acids is 1. The van der Waals surface area contributed by atoms with Crippen LogP contribution in [0, 0.1) is 28.6 Å². The summed E-state index contributed by atoms with van der Waals surface area (Å²) < 4.78 is 5.16. The van der Waals surface area contributed by atoms with Crippen molar-refractivity contribution in [2.24, 2.45) is 28.6 Å². The predicted octanol–water partition coefficient (Wildman–Crippen LogP) is 4.83. The highest BCUT2D eigenvalue weighted by atomic mass is 16.5. The first kappa shape index (κ1) is 20.0. The molecule has 0 unspecified atom stereocenters. The average molecular weight is 350 g/mol. The van der Waals surface area contributed by atoms with E-state index in [0.717, 1.165) is 44.9 Å². The molecule has 4 nitrogen and oxygen atoms in total. The quantitative estimate of drug-likeness (QED) is 0.550. The fourth-order valence-electron chi connectivity index (χ4n) is 5.81. The lowest BCUT2D eigenvalue weighted by Crippen LogP contribution is -2.53. The fourth-order valence-corrected chi connectivity index (χ4v) is 5.81. The Bertz CT molecular complexity index is 540. The van der Waals surface area contributed by atoms with E-state index in [-0.39, 0.29) is 23.7 Å². The molecule has 5 atom stereocenters. The Labute approximate surface area is 152 Å². The van der Waals surface area contributed by atoms with Crippen LogP contribution in [0.4, 0.5) is 0 Å². The number of methoxy groups -OCH3 is 1. The highest BCUT2D eigenvalue weighted by molar-refractivity contribution is 5.77. The van der Waals surface area contributed by atoms with Gasteiger partial charge in [0, 0.05) is 6.42 Å². The number of carbonyl (C=O) groups is 2. The SMILES string of the molecule is C=C1CC[C@H]2[C@](C)(CCC[C@@]2(C)C(=O)OC)[C@H]1CC[C@H](C)CC(=O)O. The summed E-state index contributed by atoms with van der Waals surface area (Å²) in [5.41, 5.74) is 0.933. The van der Waals surface area contributed by atoms with Gasteiger partial charge >= 0.3 is 11.9 Å². The van der Waals surface area contributed by atoms with Crippen molar-refractivity contribution >= 4 is 11.9 Å². The molecule has 2 fully saturated rings. The first-order valence-corrected chi connectivity index (χ1v) is 9.63. The molecule has 2 rings (SSSR count). The maximum Gasteiger partial charge on any atom is 0.311 e. The molecule has 0 aromatic heterocycles. The van der Waals surface area contributed by atoms with Gasteiger partial charge in [0.15, 0.2) is 0 Å². The molecule has 2 saturated carbocycles. The van der Waals surface area contributed by atoms with E-state index >= 15 is 0 Å². The van der Waals surface area contributed by atoms with Gasteiger partial charge < -0.3 is 9.84 Å². The number of carboxylic acids is 1. The zero-order valence-electron chi connectivity index (χ0n) is 16.3. The second-order valence-electron chi connectivity index (χ2n) is 8.85. The van der Waals surface area contributed by atoms with Gasteiger partial charge in [-0.15, -0.1) is 0 Å². The summed E-state index contributed by atoms with van der Waals surface area (Å²) in [5, 5.41) is 9.00. The first-order valence-electron chi connectivity index (χ1n) is 9.63. The van der Waals surface area contributed by atoms with Crippen LogP contribution in [-0.4, -0.2) is 24.2 Å². The van der Waals surface area contributed by atoms with E-state index in [1.165, 1.54) is 12.7 Å². The zero-order chi connectivity index (χ0) is 18.8.